The molecule has 3 aliphatic heterocycles. The lowest BCUT2D eigenvalue weighted by molar-refractivity contribution is -0.137. The van der Waals surface area contributed by atoms with Crippen LogP contribution in [0.1, 0.15) is 30.4 Å². The average molecular weight is 376 g/mol. The van der Waals surface area contributed by atoms with Gasteiger partial charge in [-0.3, -0.25) is 19.5 Å². The summed E-state index contributed by atoms with van der Waals surface area (Å²) in [4.78, 5) is 32.9. The van der Waals surface area contributed by atoms with Gasteiger partial charge in [0.1, 0.15) is 5.54 Å². The van der Waals surface area contributed by atoms with E-state index in [0.29, 0.717) is 12.6 Å². The van der Waals surface area contributed by atoms with Gasteiger partial charge >= 0.3 is 0 Å². The molecule has 3 aliphatic rings. The molecular formula is C22H24N4O2. The van der Waals surface area contributed by atoms with E-state index in [1.807, 2.05) is 42.6 Å². The molecule has 2 fully saturated rings. The van der Waals surface area contributed by atoms with E-state index < -0.39 is 5.54 Å². The Bertz CT molecular complexity index is 916. The van der Waals surface area contributed by atoms with Gasteiger partial charge in [0.05, 0.1) is 5.92 Å². The number of para-hydroxylation sites is 1. The molecule has 0 unspecified atom stereocenters. The zero-order valence-corrected chi connectivity index (χ0v) is 15.7. The largest absolute Gasteiger partial charge is 0.355 e. The van der Waals surface area contributed by atoms with Gasteiger partial charge in [-0.25, -0.2) is 0 Å². The second-order valence-corrected chi connectivity index (χ2v) is 7.95. The number of hydrogen-bond donors (Lipinski definition) is 2. The highest BCUT2D eigenvalue weighted by Crippen LogP contribution is 2.55. The van der Waals surface area contributed by atoms with Gasteiger partial charge in [-0.05, 0) is 49.9 Å². The lowest BCUT2D eigenvalue weighted by Crippen LogP contribution is -2.54. The first kappa shape index (κ1) is 17.4. The maximum absolute atomic E-state index is 13.3. The molecule has 4 heterocycles. The summed E-state index contributed by atoms with van der Waals surface area (Å²) in [5.41, 5.74) is 2.02. The fourth-order valence-electron chi connectivity index (χ4n) is 5.38. The van der Waals surface area contributed by atoms with Crippen molar-refractivity contribution in [1.29, 1.82) is 0 Å². The van der Waals surface area contributed by atoms with Crippen LogP contribution in [0.2, 0.25) is 0 Å². The Morgan fingerprint density at radius 3 is 3.04 bits per heavy atom. The molecule has 1 spiro atoms. The van der Waals surface area contributed by atoms with Crippen LogP contribution in [-0.2, 0) is 21.5 Å². The molecule has 2 amide bonds. The van der Waals surface area contributed by atoms with E-state index in [4.69, 9.17) is 0 Å². The van der Waals surface area contributed by atoms with Crippen molar-refractivity contribution in [2.75, 3.05) is 18.4 Å². The Labute approximate surface area is 164 Å². The molecule has 28 heavy (non-hydrogen) atoms. The number of nitrogens with zero attached hydrogens (tertiary/aromatic N) is 2. The van der Waals surface area contributed by atoms with Gasteiger partial charge in [0.25, 0.3) is 0 Å². The van der Waals surface area contributed by atoms with Gasteiger partial charge in [0, 0.05) is 36.2 Å². The molecule has 3 atom stereocenters. The van der Waals surface area contributed by atoms with E-state index in [1.54, 1.807) is 6.20 Å². The number of nitrogens with one attached hydrogen (secondary N) is 2. The Morgan fingerprint density at radius 1 is 1.29 bits per heavy atom. The smallest absolute Gasteiger partial charge is 0.250 e. The van der Waals surface area contributed by atoms with E-state index in [2.05, 4.69) is 20.5 Å². The number of amides is 2. The van der Waals surface area contributed by atoms with Crippen molar-refractivity contribution in [2.24, 2.45) is 5.92 Å². The van der Waals surface area contributed by atoms with Crippen LogP contribution in [0.5, 0.6) is 0 Å². The topological polar surface area (TPSA) is 74.3 Å². The number of hydrogen-bond acceptors (Lipinski definition) is 4. The van der Waals surface area contributed by atoms with Crippen LogP contribution < -0.4 is 10.6 Å². The van der Waals surface area contributed by atoms with Crippen molar-refractivity contribution < 1.29 is 9.59 Å². The van der Waals surface area contributed by atoms with Gasteiger partial charge in [-0.15, -0.1) is 0 Å². The maximum atomic E-state index is 13.3. The number of rotatable bonds is 4. The molecule has 2 N–H and O–H groups in total. The van der Waals surface area contributed by atoms with E-state index >= 15 is 0 Å². The predicted octanol–water partition coefficient (Wildman–Crippen LogP) is 2.07. The van der Waals surface area contributed by atoms with Crippen molar-refractivity contribution in [2.45, 2.75) is 37.3 Å². The summed E-state index contributed by atoms with van der Waals surface area (Å²) in [6.45, 7) is 1.41. The van der Waals surface area contributed by atoms with Gasteiger partial charge < -0.3 is 10.6 Å². The van der Waals surface area contributed by atoms with E-state index in [1.165, 1.54) is 0 Å². The molecule has 0 aliphatic carbocycles. The van der Waals surface area contributed by atoms with Gasteiger partial charge in [-0.2, -0.15) is 0 Å². The summed E-state index contributed by atoms with van der Waals surface area (Å²) >= 11 is 0. The summed E-state index contributed by atoms with van der Waals surface area (Å²) < 4.78 is 0. The average Bonchev–Trinajstić information content (AvgIpc) is 3.37. The summed E-state index contributed by atoms with van der Waals surface area (Å²) in [5, 5.41) is 6.13. The van der Waals surface area contributed by atoms with Crippen LogP contribution >= 0.6 is 0 Å². The summed E-state index contributed by atoms with van der Waals surface area (Å²) in [7, 11) is 0. The van der Waals surface area contributed by atoms with Gasteiger partial charge in [0.15, 0.2) is 0 Å². The monoisotopic (exact) mass is 376 g/mol. The van der Waals surface area contributed by atoms with E-state index in [-0.39, 0.29) is 17.7 Å². The van der Waals surface area contributed by atoms with Crippen LogP contribution in [0.15, 0.2) is 48.8 Å². The zero-order chi connectivity index (χ0) is 19.1. The van der Waals surface area contributed by atoms with Crippen molar-refractivity contribution in [1.82, 2.24) is 15.2 Å². The lowest BCUT2D eigenvalue weighted by atomic mass is 9.78. The first-order valence-corrected chi connectivity index (χ1v) is 10.1. The van der Waals surface area contributed by atoms with Crippen molar-refractivity contribution >= 4 is 17.5 Å². The second kappa shape index (κ2) is 6.71. The third kappa shape index (κ3) is 2.48. The molecule has 144 valence electrons. The number of pyridine rings is 1. The van der Waals surface area contributed by atoms with Gasteiger partial charge in [-0.1, -0.05) is 24.3 Å². The number of fused-ring (bicyclic) bond motifs is 4. The number of aromatic nitrogens is 1. The quantitative estimate of drug-likeness (QED) is 0.857. The Hall–Kier alpha value is -2.73. The Balaban J connectivity index is 1.42. The van der Waals surface area contributed by atoms with Crippen LogP contribution in [-0.4, -0.2) is 40.8 Å². The minimum atomic E-state index is -0.865. The molecule has 1 aromatic carbocycles. The number of anilines is 1. The zero-order valence-electron chi connectivity index (χ0n) is 15.7. The van der Waals surface area contributed by atoms with Crippen molar-refractivity contribution in [3.63, 3.8) is 0 Å². The Morgan fingerprint density at radius 2 is 2.18 bits per heavy atom. The molecule has 6 nitrogen and oxygen atoms in total. The summed E-state index contributed by atoms with van der Waals surface area (Å²) in [6, 6.07) is 12.0. The third-order valence-corrected chi connectivity index (χ3v) is 6.53. The lowest BCUT2D eigenvalue weighted by Gasteiger charge is -2.36. The summed E-state index contributed by atoms with van der Waals surface area (Å²) in [6.07, 6.45) is 7.16. The molecule has 6 heteroatoms. The summed E-state index contributed by atoms with van der Waals surface area (Å²) in [5.74, 6) is -0.439. The van der Waals surface area contributed by atoms with Crippen LogP contribution in [0.25, 0.3) is 0 Å². The van der Waals surface area contributed by atoms with E-state index in [0.717, 1.165) is 49.0 Å². The number of carbonyl (C=O) groups excluding carboxylic acids is 2. The molecule has 5 rings (SSSR count). The fourth-order valence-corrected chi connectivity index (χ4v) is 5.38. The fraction of sp³-hybridized carbons (Fsp3) is 0.409. The normalized spacial score (nSPS) is 28.2. The number of benzene rings is 1. The maximum Gasteiger partial charge on any atom is 0.250 e. The van der Waals surface area contributed by atoms with Crippen LogP contribution in [0.4, 0.5) is 5.69 Å². The number of carbonyl (C=O) groups is 2. The van der Waals surface area contributed by atoms with Crippen molar-refractivity contribution in [3.8, 4) is 0 Å². The van der Waals surface area contributed by atoms with Gasteiger partial charge in [0.2, 0.25) is 11.8 Å². The Kier molecular flexibility index (Phi) is 4.16. The first-order valence-electron chi connectivity index (χ1n) is 10.1. The highest BCUT2D eigenvalue weighted by Gasteiger charge is 2.65. The minimum Gasteiger partial charge on any atom is -0.355 e. The molecule has 2 aromatic rings. The second-order valence-electron chi connectivity index (χ2n) is 7.95. The molecule has 1 aromatic heterocycles. The molecule has 0 radical (unpaired) electrons. The first-order chi connectivity index (χ1) is 13.7. The SMILES string of the molecule is O=C(NCCc1cccnc1)[C@H]1C[C@H]2CCCN2[C@]12C(=O)Nc1ccccc12. The van der Waals surface area contributed by atoms with E-state index in [9.17, 15) is 9.59 Å². The van der Waals surface area contributed by atoms with Crippen LogP contribution in [0.3, 0.4) is 0 Å². The minimum absolute atomic E-state index is 0.0230. The highest BCUT2D eigenvalue weighted by molar-refractivity contribution is 6.09. The van der Waals surface area contributed by atoms with Crippen LogP contribution in [0, 0.1) is 5.92 Å². The van der Waals surface area contributed by atoms with Crippen molar-refractivity contribution in [3.05, 3.63) is 59.9 Å². The third-order valence-electron chi connectivity index (χ3n) is 6.53. The highest BCUT2D eigenvalue weighted by atomic mass is 16.2. The predicted molar refractivity (Wildman–Crippen MR) is 106 cm³/mol. The molecule has 2 saturated heterocycles. The molecule has 0 bridgehead atoms. The standard InChI is InChI=1S/C22H24N4O2/c27-20(24-11-9-15-5-3-10-23-14-15)18-13-16-6-4-12-26(16)22(18)17-7-1-2-8-19(17)25-21(22)28/h1-3,5,7-8,10,14,16,18H,4,6,9,11-13H2,(H,24,27)(H,25,28)/t16-,18-,22+/m1/s1. The molecule has 0 saturated carbocycles. The molecular weight excluding hydrogens is 352 g/mol.